The van der Waals surface area contributed by atoms with Crippen molar-refractivity contribution in [2.45, 2.75) is 6.92 Å². The van der Waals surface area contributed by atoms with Crippen LogP contribution in [0.4, 0.5) is 5.69 Å². The van der Waals surface area contributed by atoms with E-state index in [1.807, 2.05) is 0 Å². The number of fused-ring (bicyclic) bond motifs is 1. The Morgan fingerprint density at radius 3 is 2.36 bits per heavy atom. The molecule has 0 saturated carbocycles. The zero-order valence-electron chi connectivity index (χ0n) is 11.4. The minimum Gasteiger partial charge on any atom is -0.545 e. The molecule has 2 aromatic carbocycles. The third-order valence-electron chi connectivity index (χ3n) is 3.54. The second-order valence-corrected chi connectivity index (χ2v) is 5.33. The normalized spacial score (nSPS) is 13.5. The molecule has 6 heteroatoms. The standard InChI is InChI=1S/C16H10ClNO4/c1-8-2-4-10(7-13(8)17)18-14(19)11-5-3-9(16(21)22)6-12(11)15(18)20/h2-7H,1H3,(H,21,22)/p-1. The molecule has 0 fully saturated rings. The maximum Gasteiger partial charge on any atom is 0.266 e. The molecular formula is C16H9ClNO4-. The molecule has 0 bridgehead atoms. The topological polar surface area (TPSA) is 77.5 Å². The highest BCUT2D eigenvalue weighted by molar-refractivity contribution is 6.36. The number of carbonyl (C=O) groups excluding carboxylic acids is 3. The lowest BCUT2D eigenvalue weighted by molar-refractivity contribution is -0.255. The molecule has 0 spiro atoms. The highest BCUT2D eigenvalue weighted by atomic mass is 35.5. The number of anilines is 1. The lowest BCUT2D eigenvalue weighted by Gasteiger charge is -2.14. The number of carboxylic acids is 1. The number of imide groups is 1. The summed E-state index contributed by atoms with van der Waals surface area (Å²) in [7, 11) is 0. The lowest BCUT2D eigenvalue weighted by Crippen LogP contribution is -2.29. The number of hydrogen-bond acceptors (Lipinski definition) is 4. The van der Waals surface area contributed by atoms with Gasteiger partial charge in [-0.15, -0.1) is 0 Å². The van der Waals surface area contributed by atoms with Crippen LogP contribution in [0, 0.1) is 6.92 Å². The second kappa shape index (κ2) is 4.96. The largest absolute Gasteiger partial charge is 0.545 e. The molecular weight excluding hydrogens is 306 g/mol. The SMILES string of the molecule is Cc1ccc(N2C(=O)c3ccc(C(=O)[O-])cc3C2=O)cc1Cl. The fourth-order valence-corrected chi connectivity index (χ4v) is 2.50. The summed E-state index contributed by atoms with van der Waals surface area (Å²) in [4.78, 5) is 36.7. The summed E-state index contributed by atoms with van der Waals surface area (Å²) in [6, 6.07) is 8.55. The first-order valence-corrected chi connectivity index (χ1v) is 6.78. The van der Waals surface area contributed by atoms with Gasteiger partial charge in [-0.05, 0) is 42.3 Å². The molecule has 0 N–H and O–H groups in total. The molecule has 2 amide bonds. The molecule has 22 heavy (non-hydrogen) atoms. The molecule has 1 heterocycles. The number of benzene rings is 2. The smallest absolute Gasteiger partial charge is 0.266 e. The molecule has 0 aromatic heterocycles. The number of nitrogens with zero attached hydrogens (tertiary/aromatic N) is 1. The number of aryl methyl sites for hydroxylation is 1. The van der Waals surface area contributed by atoms with E-state index in [9.17, 15) is 19.5 Å². The Balaban J connectivity index is 2.09. The maximum atomic E-state index is 12.4. The van der Waals surface area contributed by atoms with Crippen molar-refractivity contribution in [3.63, 3.8) is 0 Å². The highest BCUT2D eigenvalue weighted by Crippen LogP contribution is 2.31. The van der Waals surface area contributed by atoms with E-state index < -0.39 is 17.8 Å². The number of carbonyl (C=O) groups is 3. The molecule has 5 nitrogen and oxygen atoms in total. The van der Waals surface area contributed by atoms with E-state index in [4.69, 9.17) is 11.6 Å². The third-order valence-corrected chi connectivity index (χ3v) is 3.94. The first-order chi connectivity index (χ1) is 10.4. The van der Waals surface area contributed by atoms with Crippen molar-refractivity contribution in [2.24, 2.45) is 0 Å². The van der Waals surface area contributed by atoms with E-state index in [1.165, 1.54) is 18.2 Å². The van der Waals surface area contributed by atoms with Crippen molar-refractivity contribution < 1.29 is 19.5 Å². The summed E-state index contributed by atoms with van der Waals surface area (Å²) < 4.78 is 0. The van der Waals surface area contributed by atoms with Crippen molar-refractivity contribution in [3.8, 4) is 0 Å². The number of amides is 2. The number of rotatable bonds is 2. The van der Waals surface area contributed by atoms with Gasteiger partial charge in [0, 0.05) is 5.02 Å². The summed E-state index contributed by atoms with van der Waals surface area (Å²) in [5.74, 6) is -2.49. The zero-order chi connectivity index (χ0) is 16.0. The Morgan fingerprint density at radius 1 is 1.05 bits per heavy atom. The fourth-order valence-electron chi connectivity index (χ4n) is 2.32. The Kier molecular flexibility index (Phi) is 3.22. The van der Waals surface area contributed by atoms with Crippen LogP contribution in [0.1, 0.15) is 36.6 Å². The maximum absolute atomic E-state index is 12.4. The van der Waals surface area contributed by atoms with Crippen molar-refractivity contribution in [1.82, 2.24) is 0 Å². The van der Waals surface area contributed by atoms with Gasteiger partial charge in [-0.2, -0.15) is 0 Å². The van der Waals surface area contributed by atoms with E-state index >= 15 is 0 Å². The molecule has 1 aliphatic rings. The first kappa shape index (κ1) is 14.3. The van der Waals surface area contributed by atoms with E-state index in [0.29, 0.717) is 10.7 Å². The van der Waals surface area contributed by atoms with Crippen molar-refractivity contribution in [3.05, 3.63) is 63.7 Å². The Morgan fingerprint density at radius 2 is 1.73 bits per heavy atom. The van der Waals surface area contributed by atoms with Crippen molar-refractivity contribution in [1.29, 1.82) is 0 Å². The first-order valence-electron chi connectivity index (χ1n) is 6.40. The van der Waals surface area contributed by atoms with Crippen LogP contribution < -0.4 is 10.0 Å². The van der Waals surface area contributed by atoms with Crippen LogP contribution in [0.5, 0.6) is 0 Å². The second-order valence-electron chi connectivity index (χ2n) is 4.93. The summed E-state index contributed by atoms with van der Waals surface area (Å²) in [5, 5.41) is 11.3. The lowest BCUT2D eigenvalue weighted by atomic mass is 10.1. The van der Waals surface area contributed by atoms with Crippen LogP contribution in [0.25, 0.3) is 0 Å². The van der Waals surface area contributed by atoms with Crippen molar-refractivity contribution in [2.75, 3.05) is 4.90 Å². The molecule has 3 rings (SSSR count). The van der Waals surface area contributed by atoms with Crippen molar-refractivity contribution >= 4 is 35.1 Å². The minimum absolute atomic E-state index is 0.0448. The molecule has 0 saturated heterocycles. The Hall–Kier alpha value is -2.66. The molecule has 0 radical (unpaired) electrons. The molecule has 110 valence electrons. The predicted octanol–water partition coefficient (Wildman–Crippen LogP) is 1.81. The van der Waals surface area contributed by atoms with Gasteiger partial charge in [-0.3, -0.25) is 9.59 Å². The number of hydrogen-bond donors (Lipinski definition) is 0. The molecule has 1 aliphatic heterocycles. The van der Waals surface area contributed by atoms with Gasteiger partial charge < -0.3 is 9.90 Å². The predicted molar refractivity (Wildman–Crippen MR) is 78.1 cm³/mol. The van der Waals surface area contributed by atoms with E-state index in [1.54, 1.807) is 19.1 Å². The number of carboxylic acid groups (broad SMARTS) is 1. The zero-order valence-corrected chi connectivity index (χ0v) is 12.2. The van der Waals surface area contributed by atoms with Gasteiger partial charge in [-0.1, -0.05) is 23.7 Å². The van der Waals surface area contributed by atoms with Crippen LogP contribution in [-0.2, 0) is 0 Å². The van der Waals surface area contributed by atoms with Crippen LogP contribution in [0.15, 0.2) is 36.4 Å². The monoisotopic (exact) mass is 314 g/mol. The molecule has 0 unspecified atom stereocenters. The van der Waals surface area contributed by atoms with Crippen LogP contribution >= 0.6 is 11.6 Å². The minimum atomic E-state index is -1.40. The van der Waals surface area contributed by atoms with Gasteiger partial charge in [0.05, 0.1) is 22.8 Å². The molecule has 0 aliphatic carbocycles. The quantitative estimate of drug-likeness (QED) is 0.792. The average Bonchev–Trinajstić information content (AvgIpc) is 2.73. The average molecular weight is 315 g/mol. The summed E-state index contributed by atoms with van der Waals surface area (Å²) in [5.41, 5.74) is 1.22. The summed E-state index contributed by atoms with van der Waals surface area (Å²) in [6.07, 6.45) is 0. The fraction of sp³-hybridized carbons (Fsp3) is 0.0625. The van der Waals surface area contributed by atoms with Gasteiger partial charge >= 0.3 is 0 Å². The molecule has 0 atom stereocenters. The number of aromatic carboxylic acids is 1. The van der Waals surface area contributed by atoms with Gasteiger partial charge in [0.1, 0.15) is 0 Å². The van der Waals surface area contributed by atoms with Crippen LogP contribution in [-0.4, -0.2) is 17.8 Å². The van der Waals surface area contributed by atoms with E-state index in [2.05, 4.69) is 0 Å². The van der Waals surface area contributed by atoms with Gasteiger partial charge in [0.2, 0.25) is 0 Å². The van der Waals surface area contributed by atoms with Gasteiger partial charge in [0.15, 0.2) is 0 Å². The Labute approximate surface area is 130 Å². The Bertz CT molecular complexity index is 844. The summed E-state index contributed by atoms with van der Waals surface area (Å²) in [6.45, 7) is 1.81. The molecule has 2 aromatic rings. The van der Waals surface area contributed by atoms with Gasteiger partial charge in [-0.25, -0.2) is 4.90 Å². The van der Waals surface area contributed by atoms with Crippen LogP contribution in [0.2, 0.25) is 5.02 Å². The summed E-state index contributed by atoms with van der Waals surface area (Å²) >= 11 is 6.03. The van der Waals surface area contributed by atoms with Gasteiger partial charge in [0.25, 0.3) is 11.8 Å². The number of halogens is 1. The third kappa shape index (κ3) is 2.07. The van der Waals surface area contributed by atoms with Crippen LogP contribution in [0.3, 0.4) is 0 Å². The highest BCUT2D eigenvalue weighted by Gasteiger charge is 2.36. The van der Waals surface area contributed by atoms with E-state index in [-0.39, 0.29) is 16.7 Å². The van der Waals surface area contributed by atoms with E-state index in [0.717, 1.165) is 16.5 Å².